The minimum atomic E-state index is 0.0660. The van der Waals surface area contributed by atoms with Gasteiger partial charge in [-0.3, -0.25) is 9.48 Å². The number of hydrogen-bond donors (Lipinski definition) is 1. The summed E-state index contributed by atoms with van der Waals surface area (Å²) in [7, 11) is 1.81. The molecule has 1 aromatic rings. The molecule has 2 unspecified atom stereocenters. The van der Waals surface area contributed by atoms with E-state index in [-0.39, 0.29) is 11.9 Å². The summed E-state index contributed by atoms with van der Waals surface area (Å²) in [5.41, 5.74) is 6.51. The molecule has 2 atom stereocenters. The highest BCUT2D eigenvalue weighted by atomic mass is 16.2. The molecule has 1 aliphatic rings. The van der Waals surface area contributed by atoms with Crippen molar-refractivity contribution in [2.75, 3.05) is 13.1 Å². The van der Waals surface area contributed by atoms with E-state index in [1.165, 1.54) is 0 Å². The van der Waals surface area contributed by atoms with Gasteiger partial charge in [-0.25, -0.2) is 0 Å². The standard InChI is InChI=1S/C11H18N4O/c1-8(12)9-3-4-15(7-9)11(16)10-5-13-14(2)6-10/h5-6,8-9H,3-4,7,12H2,1-2H3. The molecule has 1 aliphatic heterocycles. The van der Waals surface area contributed by atoms with Crippen molar-refractivity contribution in [2.45, 2.75) is 19.4 Å². The van der Waals surface area contributed by atoms with Gasteiger partial charge in [0.15, 0.2) is 0 Å². The third kappa shape index (κ3) is 2.09. The quantitative estimate of drug-likeness (QED) is 0.779. The van der Waals surface area contributed by atoms with Gasteiger partial charge in [-0.1, -0.05) is 0 Å². The zero-order valence-electron chi connectivity index (χ0n) is 9.76. The Morgan fingerprint density at radius 2 is 2.44 bits per heavy atom. The van der Waals surface area contributed by atoms with Gasteiger partial charge in [0.25, 0.3) is 5.91 Å². The Labute approximate surface area is 95.2 Å². The third-order valence-electron chi connectivity index (χ3n) is 3.21. The van der Waals surface area contributed by atoms with Crippen molar-refractivity contribution in [2.24, 2.45) is 18.7 Å². The second-order valence-corrected chi connectivity index (χ2v) is 4.56. The average Bonchev–Trinajstić information content (AvgIpc) is 2.84. The number of amides is 1. The van der Waals surface area contributed by atoms with Crippen molar-refractivity contribution in [3.8, 4) is 0 Å². The topological polar surface area (TPSA) is 64.2 Å². The summed E-state index contributed by atoms with van der Waals surface area (Å²) in [6.45, 7) is 3.58. The summed E-state index contributed by atoms with van der Waals surface area (Å²) in [4.78, 5) is 13.9. The maximum absolute atomic E-state index is 12.1. The fourth-order valence-corrected chi connectivity index (χ4v) is 2.12. The zero-order valence-corrected chi connectivity index (χ0v) is 9.76. The smallest absolute Gasteiger partial charge is 0.257 e. The summed E-state index contributed by atoms with van der Waals surface area (Å²) in [6.07, 6.45) is 4.37. The van der Waals surface area contributed by atoms with Gasteiger partial charge >= 0.3 is 0 Å². The summed E-state index contributed by atoms with van der Waals surface area (Å²) >= 11 is 0. The summed E-state index contributed by atoms with van der Waals surface area (Å²) in [6, 6.07) is 0.159. The van der Waals surface area contributed by atoms with Crippen LogP contribution < -0.4 is 5.73 Å². The van der Waals surface area contributed by atoms with Crippen LogP contribution in [0.25, 0.3) is 0 Å². The van der Waals surface area contributed by atoms with Crippen molar-refractivity contribution in [3.63, 3.8) is 0 Å². The second-order valence-electron chi connectivity index (χ2n) is 4.56. The van der Waals surface area contributed by atoms with Crippen LogP contribution in [0, 0.1) is 5.92 Å². The van der Waals surface area contributed by atoms with Crippen molar-refractivity contribution < 1.29 is 4.79 Å². The van der Waals surface area contributed by atoms with E-state index in [0.717, 1.165) is 19.5 Å². The van der Waals surface area contributed by atoms with E-state index in [1.807, 2.05) is 18.9 Å². The molecular formula is C11H18N4O. The Balaban J connectivity index is 2.02. The largest absolute Gasteiger partial charge is 0.338 e. The first-order valence-electron chi connectivity index (χ1n) is 5.61. The maximum Gasteiger partial charge on any atom is 0.257 e. The van der Waals surface area contributed by atoms with E-state index in [0.29, 0.717) is 11.5 Å². The van der Waals surface area contributed by atoms with Gasteiger partial charge in [-0.15, -0.1) is 0 Å². The third-order valence-corrected chi connectivity index (χ3v) is 3.21. The number of nitrogens with two attached hydrogens (primary N) is 1. The highest BCUT2D eigenvalue weighted by Crippen LogP contribution is 2.20. The summed E-state index contributed by atoms with van der Waals surface area (Å²) in [5.74, 6) is 0.497. The molecule has 2 heterocycles. The van der Waals surface area contributed by atoms with Gasteiger partial charge in [-0.05, 0) is 19.3 Å². The van der Waals surface area contributed by atoms with Crippen LogP contribution in [0.15, 0.2) is 12.4 Å². The minimum Gasteiger partial charge on any atom is -0.338 e. The molecule has 2 N–H and O–H groups in total. The van der Waals surface area contributed by atoms with Crippen LogP contribution in [0.3, 0.4) is 0 Å². The number of carbonyl (C=O) groups is 1. The summed E-state index contributed by atoms with van der Waals surface area (Å²) in [5, 5.41) is 4.01. The van der Waals surface area contributed by atoms with Crippen LogP contribution >= 0.6 is 0 Å². The van der Waals surface area contributed by atoms with E-state index in [2.05, 4.69) is 5.10 Å². The lowest BCUT2D eigenvalue weighted by atomic mass is 10.0. The number of likely N-dealkylation sites (tertiary alicyclic amines) is 1. The fraction of sp³-hybridized carbons (Fsp3) is 0.636. The van der Waals surface area contributed by atoms with Crippen LogP contribution in [0.4, 0.5) is 0 Å². The monoisotopic (exact) mass is 222 g/mol. The minimum absolute atomic E-state index is 0.0660. The molecular weight excluding hydrogens is 204 g/mol. The van der Waals surface area contributed by atoms with E-state index < -0.39 is 0 Å². The van der Waals surface area contributed by atoms with E-state index in [1.54, 1.807) is 17.1 Å². The molecule has 0 spiro atoms. The first-order chi connectivity index (χ1) is 7.58. The molecule has 1 aromatic heterocycles. The predicted octanol–water partition coefficient (Wildman–Crippen LogP) is 0.229. The Bertz CT molecular complexity index is 385. The second kappa shape index (κ2) is 4.25. The van der Waals surface area contributed by atoms with Gasteiger partial charge in [0.2, 0.25) is 0 Å². The SMILES string of the molecule is CC(N)C1CCN(C(=O)c2cnn(C)c2)C1. The molecule has 16 heavy (non-hydrogen) atoms. The Kier molecular flexibility index (Phi) is 2.96. The lowest BCUT2D eigenvalue weighted by molar-refractivity contribution is 0.0786. The van der Waals surface area contributed by atoms with Crippen LogP contribution in [0.1, 0.15) is 23.7 Å². The van der Waals surface area contributed by atoms with Crippen molar-refractivity contribution >= 4 is 5.91 Å². The molecule has 0 radical (unpaired) electrons. The van der Waals surface area contributed by atoms with Gasteiger partial charge in [-0.2, -0.15) is 5.10 Å². The molecule has 1 saturated heterocycles. The Morgan fingerprint density at radius 3 is 2.94 bits per heavy atom. The van der Waals surface area contributed by atoms with Gasteiger partial charge in [0.05, 0.1) is 11.8 Å². The number of nitrogens with zero attached hydrogens (tertiary/aromatic N) is 3. The number of carbonyl (C=O) groups excluding carboxylic acids is 1. The van der Waals surface area contributed by atoms with Crippen molar-refractivity contribution in [3.05, 3.63) is 18.0 Å². The van der Waals surface area contributed by atoms with Crippen LogP contribution in [-0.4, -0.2) is 39.7 Å². The lowest BCUT2D eigenvalue weighted by Gasteiger charge is -2.17. The predicted molar refractivity (Wildman–Crippen MR) is 60.9 cm³/mol. The maximum atomic E-state index is 12.1. The Morgan fingerprint density at radius 1 is 1.69 bits per heavy atom. The molecule has 5 heteroatoms. The normalized spacial score (nSPS) is 22.4. The average molecular weight is 222 g/mol. The molecule has 0 bridgehead atoms. The first kappa shape index (κ1) is 11.1. The molecule has 2 rings (SSSR count). The molecule has 0 aliphatic carbocycles. The molecule has 0 aromatic carbocycles. The van der Waals surface area contributed by atoms with Gasteiger partial charge in [0.1, 0.15) is 0 Å². The molecule has 1 fully saturated rings. The van der Waals surface area contributed by atoms with Crippen molar-refractivity contribution in [1.82, 2.24) is 14.7 Å². The van der Waals surface area contributed by atoms with Crippen molar-refractivity contribution in [1.29, 1.82) is 0 Å². The highest BCUT2D eigenvalue weighted by molar-refractivity contribution is 5.93. The van der Waals surface area contributed by atoms with E-state index >= 15 is 0 Å². The number of hydrogen-bond acceptors (Lipinski definition) is 3. The zero-order chi connectivity index (χ0) is 11.7. The Hall–Kier alpha value is -1.36. The highest BCUT2D eigenvalue weighted by Gasteiger charge is 2.29. The fourth-order valence-electron chi connectivity index (χ4n) is 2.12. The molecule has 1 amide bonds. The van der Waals surface area contributed by atoms with Crippen LogP contribution in [0.5, 0.6) is 0 Å². The lowest BCUT2D eigenvalue weighted by Crippen LogP contribution is -2.32. The number of rotatable bonds is 2. The molecule has 0 saturated carbocycles. The summed E-state index contributed by atoms with van der Waals surface area (Å²) < 4.78 is 1.65. The van der Waals surface area contributed by atoms with E-state index in [4.69, 9.17) is 5.73 Å². The van der Waals surface area contributed by atoms with E-state index in [9.17, 15) is 4.79 Å². The number of aromatic nitrogens is 2. The van der Waals surface area contributed by atoms with Gasteiger partial charge < -0.3 is 10.6 Å². The van der Waals surface area contributed by atoms with Gasteiger partial charge in [0, 0.05) is 32.4 Å². The first-order valence-corrected chi connectivity index (χ1v) is 5.61. The molecule has 88 valence electrons. The van der Waals surface area contributed by atoms with Crippen LogP contribution in [-0.2, 0) is 7.05 Å². The number of aryl methyl sites for hydroxylation is 1. The molecule has 5 nitrogen and oxygen atoms in total. The van der Waals surface area contributed by atoms with Crippen LogP contribution in [0.2, 0.25) is 0 Å².